The van der Waals surface area contributed by atoms with Crippen molar-refractivity contribution in [2.24, 2.45) is 5.18 Å². The molecule has 2 aromatic carbocycles. The Balaban J connectivity index is 2.30. The number of nitrogens with zero attached hydrogens (tertiary/aromatic N) is 3. The van der Waals surface area contributed by atoms with Crippen molar-refractivity contribution < 1.29 is 5.11 Å². The summed E-state index contributed by atoms with van der Waals surface area (Å²) in [6, 6.07) is 10.0. The zero-order chi connectivity index (χ0) is 15.0. The lowest BCUT2D eigenvalue weighted by molar-refractivity contribution is 0.475. The van der Waals surface area contributed by atoms with Crippen molar-refractivity contribution in [3.63, 3.8) is 0 Å². The zero-order valence-corrected chi connectivity index (χ0v) is 12.0. The monoisotopic (exact) mass is 297 g/mol. The highest BCUT2D eigenvalue weighted by Crippen LogP contribution is 2.26. The van der Waals surface area contributed by atoms with E-state index in [1.165, 1.54) is 0 Å². The molecule has 0 saturated carbocycles. The Labute approximate surface area is 125 Å². The first kappa shape index (κ1) is 13.4. The van der Waals surface area contributed by atoms with Crippen LogP contribution >= 0.6 is 12.2 Å². The molecule has 0 aliphatic rings. The molecule has 1 heterocycles. The minimum atomic E-state index is 0.192. The molecule has 0 unspecified atom stereocenters. The number of phenols is 1. The van der Waals surface area contributed by atoms with Gasteiger partial charge in [0.15, 0.2) is 0 Å². The first-order chi connectivity index (χ1) is 10.1. The van der Waals surface area contributed by atoms with Crippen molar-refractivity contribution in [1.82, 2.24) is 9.55 Å². The molecule has 1 N–H and O–H groups in total. The largest absolute Gasteiger partial charge is 0.508 e. The molecule has 1 aromatic heterocycles. The molecule has 0 radical (unpaired) electrons. The van der Waals surface area contributed by atoms with Gasteiger partial charge >= 0.3 is 0 Å². The molecule has 0 amide bonds. The summed E-state index contributed by atoms with van der Waals surface area (Å²) in [6.07, 6.45) is 1.60. The van der Waals surface area contributed by atoms with Crippen LogP contribution in [0.1, 0.15) is 5.56 Å². The van der Waals surface area contributed by atoms with E-state index in [2.05, 4.69) is 10.2 Å². The summed E-state index contributed by atoms with van der Waals surface area (Å²) >= 11 is 5.53. The van der Waals surface area contributed by atoms with Crippen molar-refractivity contribution in [1.29, 1.82) is 0 Å². The average molecular weight is 297 g/mol. The van der Waals surface area contributed by atoms with Crippen LogP contribution in [0.15, 0.2) is 47.9 Å². The van der Waals surface area contributed by atoms with Crippen molar-refractivity contribution >= 4 is 28.8 Å². The van der Waals surface area contributed by atoms with Crippen LogP contribution in [0, 0.1) is 16.5 Å². The molecule has 6 heteroatoms. The van der Waals surface area contributed by atoms with E-state index >= 15 is 0 Å². The lowest BCUT2D eigenvalue weighted by Crippen LogP contribution is -2.00. The standard InChI is InChI=1S/C15H11N3O2S/c1-9-6-10(17-20)7-13-14(9)15(21)18(8-16-13)11-2-4-12(19)5-3-11/h2-8,19H,1H3. The number of aromatic hydroxyl groups is 1. The number of rotatable bonds is 2. The molecule has 21 heavy (non-hydrogen) atoms. The van der Waals surface area contributed by atoms with Gasteiger partial charge in [0.1, 0.15) is 22.4 Å². The van der Waals surface area contributed by atoms with E-state index in [-0.39, 0.29) is 5.75 Å². The predicted octanol–water partition coefficient (Wildman–Crippen LogP) is 4.17. The van der Waals surface area contributed by atoms with E-state index in [4.69, 9.17) is 12.2 Å². The fourth-order valence-electron chi connectivity index (χ4n) is 2.27. The molecule has 0 saturated heterocycles. The number of benzene rings is 2. The van der Waals surface area contributed by atoms with Gasteiger partial charge in [0, 0.05) is 11.1 Å². The zero-order valence-electron chi connectivity index (χ0n) is 11.1. The molecule has 0 fully saturated rings. The van der Waals surface area contributed by atoms with Crippen molar-refractivity contribution in [3.05, 3.63) is 57.8 Å². The fraction of sp³-hybridized carbons (Fsp3) is 0.0667. The van der Waals surface area contributed by atoms with E-state index < -0.39 is 0 Å². The van der Waals surface area contributed by atoms with Crippen molar-refractivity contribution in [2.75, 3.05) is 0 Å². The van der Waals surface area contributed by atoms with Gasteiger partial charge in [-0.3, -0.25) is 4.57 Å². The maximum Gasteiger partial charge on any atom is 0.121 e. The summed E-state index contributed by atoms with van der Waals surface area (Å²) < 4.78 is 2.36. The molecular formula is C15H11N3O2S. The molecule has 5 nitrogen and oxygen atoms in total. The van der Waals surface area contributed by atoms with Gasteiger partial charge in [-0.25, -0.2) is 4.98 Å². The minimum Gasteiger partial charge on any atom is -0.508 e. The van der Waals surface area contributed by atoms with Crippen molar-refractivity contribution in [3.8, 4) is 11.4 Å². The molecule has 104 valence electrons. The van der Waals surface area contributed by atoms with E-state index in [1.54, 1.807) is 47.3 Å². The summed E-state index contributed by atoms with van der Waals surface area (Å²) in [6.45, 7) is 1.87. The lowest BCUT2D eigenvalue weighted by atomic mass is 10.1. The normalized spacial score (nSPS) is 10.7. The molecule has 0 aliphatic carbocycles. The third-order valence-corrected chi connectivity index (χ3v) is 3.68. The molecule has 0 aliphatic heterocycles. The predicted molar refractivity (Wildman–Crippen MR) is 83.8 cm³/mol. The van der Waals surface area contributed by atoms with Gasteiger partial charge in [0.2, 0.25) is 0 Å². The quantitative estimate of drug-likeness (QED) is 0.569. The Kier molecular flexibility index (Phi) is 3.23. The smallest absolute Gasteiger partial charge is 0.121 e. The number of phenolic OH excluding ortho intramolecular Hbond substituents is 1. The number of fused-ring (bicyclic) bond motifs is 1. The molecule has 3 rings (SSSR count). The SMILES string of the molecule is Cc1cc(N=O)cc2ncn(-c3ccc(O)cc3)c(=S)c12. The van der Waals surface area contributed by atoms with Crippen LogP contribution in [0.25, 0.3) is 16.6 Å². The van der Waals surface area contributed by atoms with Crippen molar-refractivity contribution in [2.45, 2.75) is 6.92 Å². The fourth-order valence-corrected chi connectivity index (χ4v) is 2.69. The summed E-state index contributed by atoms with van der Waals surface area (Å²) in [4.78, 5) is 15.0. The average Bonchev–Trinajstić information content (AvgIpc) is 2.48. The van der Waals surface area contributed by atoms with Gasteiger partial charge in [0.05, 0.1) is 5.52 Å². The third kappa shape index (κ3) is 2.30. The number of nitroso groups, excluding NO2 is 1. The Morgan fingerprint density at radius 1 is 1.24 bits per heavy atom. The second-order valence-corrected chi connectivity index (χ2v) is 5.07. The summed E-state index contributed by atoms with van der Waals surface area (Å²) in [5.41, 5.74) is 2.64. The van der Waals surface area contributed by atoms with E-state index in [1.807, 2.05) is 6.92 Å². The third-order valence-electron chi connectivity index (χ3n) is 3.28. The van der Waals surface area contributed by atoms with Gasteiger partial charge in [-0.05, 0) is 54.1 Å². The van der Waals surface area contributed by atoms with Gasteiger partial charge < -0.3 is 5.11 Å². The van der Waals surface area contributed by atoms with Crippen LogP contribution in [0.5, 0.6) is 5.75 Å². The van der Waals surface area contributed by atoms with Gasteiger partial charge in [-0.15, -0.1) is 4.91 Å². The summed E-state index contributed by atoms with van der Waals surface area (Å²) in [5, 5.41) is 13.1. The Bertz CT molecular complexity index is 901. The second kappa shape index (κ2) is 5.06. The molecular weight excluding hydrogens is 286 g/mol. The van der Waals surface area contributed by atoms with Crippen LogP contribution in [0.2, 0.25) is 0 Å². The summed E-state index contributed by atoms with van der Waals surface area (Å²) in [5.74, 6) is 0.192. The van der Waals surface area contributed by atoms with E-state index in [9.17, 15) is 10.0 Å². The van der Waals surface area contributed by atoms with Crippen LogP contribution in [0.4, 0.5) is 5.69 Å². The molecule has 0 spiro atoms. The first-order valence-electron chi connectivity index (χ1n) is 6.25. The molecule has 0 bridgehead atoms. The van der Waals surface area contributed by atoms with E-state index in [0.717, 1.165) is 16.6 Å². The minimum absolute atomic E-state index is 0.192. The molecule has 3 aromatic rings. The Hall–Kier alpha value is -2.60. The topological polar surface area (TPSA) is 67.5 Å². The van der Waals surface area contributed by atoms with Gasteiger partial charge in [0.25, 0.3) is 0 Å². The second-order valence-electron chi connectivity index (χ2n) is 4.68. The highest BCUT2D eigenvalue weighted by atomic mass is 32.1. The Morgan fingerprint density at radius 2 is 1.95 bits per heavy atom. The highest BCUT2D eigenvalue weighted by Gasteiger charge is 2.08. The molecule has 0 atom stereocenters. The highest BCUT2D eigenvalue weighted by molar-refractivity contribution is 7.71. The van der Waals surface area contributed by atoms with Crippen LogP contribution < -0.4 is 0 Å². The van der Waals surface area contributed by atoms with Crippen LogP contribution in [-0.4, -0.2) is 14.7 Å². The number of aryl methyl sites for hydroxylation is 1. The Morgan fingerprint density at radius 3 is 2.62 bits per heavy atom. The maximum absolute atomic E-state index is 10.7. The summed E-state index contributed by atoms with van der Waals surface area (Å²) in [7, 11) is 0. The number of aromatic nitrogens is 2. The number of hydrogen-bond acceptors (Lipinski definition) is 5. The van der Waals surface area contributed by atoms with Gasteiger partial charge in [-0.2, -0.15) is 0 Å². The van der Waals surface area contributed by atoms with Gasteiger partial charge in [-0.1, -0.05) is 12.2 Å². The van der Waals surface area contributed by atoms with Crippen LogP contribution in [0.3, 0.4) is 0 Å². The maximum atomic E-state index is 10.7. The van der Waals surface area contributed by atoms with Crippen LogP contribution in [-0.2, 0) is 0 Å². The van der Waals surface area contributed by atoms with E-state index in [0.29, 0.717) is 15.8 Å². The number of hydrogen-bond donors (Lipinski definition) is 1. The first-order valence-corrected chi connectivity index (χ1v) is 6.66. The lowest BCUT2D eigenvalue weighted by Gasteiger charge is -2.10.